The molecule has 1 unspecified atom stereocenters. The van der Waals surface area contributed by atoms with Crippen molar-refractivity contribution in [3.63, 3.8) is 0 Å². The van der Waals surface area contributed by atoms with Crippen molar-refractivity contribution in [2.24, 2.45) is 10.8 Å². The summed E-state index contributed by atoms with van der Waals surface area (Å²) in [5.41, 5.74) is 0.218. The molecule has 1 amide bonds. The zero-order valence-electron chi connectivity index (χ0n) is 13.4. The Hall–Kier alpha value is -1.64. The van der Waals surface area contributed by atoms with E-state index in [4.69, 9.17) is 0 Å². The van der Waals surface area contributed by atoms with Gasteiger partial charge in [0, 0.05) is 30.3 Å². The van der Waals surface area contributed by atoms with Gasteiger partial charge in [0.25, 0.3) is 0 Å². The number of Topliss-reactive ketones (excluding diaryl/α,β-unsaturated/α-hetero) is 1. The number of benzene rings is 1. The van der Waals surface area contributed by atoms with Crippen molar-refractivity contribution in [3.8, 4) is 0 Å². The van der Waals surface area contributed by atoms with E-state index in [2.05, 4.69) is 26.0 Å². The first-order chi connectivity index (χ1) is 10.5. The molecule has 1 heterocycles. The van der Waals surface area contributed by atoms with Crippen LogP contribution in [-0.4, -0.2) is 29.7 Å². The number of piperidine rings is 1. The lowest BCUT2D eigenvalue weighted by Crippen LogP contribution is -2.61. The molecule has 1 aliphatic heterocycles. The lowest BCUT2D eigenvalue weighted by atomic mass is 9.55. The quantitative estimate of drug-likeness (QED) is 0.841. The normalized spacial score (nSPS) is 40.2. The van der Waals surface area contributed by atoms with E-state index in [1.54, 1.807) is 0 Å². The van der Waals surface area contributed by atoms with Crippen molar-refractivity contribution in [2.45, 2.75) is 44.9 Å². The maximum Gasteiger partial charge on any atom is 0.233 e. The third-order valence-electron chi connectivity index (χ3n) is 6.86. The zero-order chi connectivity index (χ0) is 15.6. The minimum Gasteiger partial charge on any atom is -0.342 e. The highest BCUT2D eigenvalue weighted by atomic mass is 16.2. The molecule has 3 atom stereocenters. The standard InChI is InChI=1S/C19H23NO2/c1-3-20-12-11-18-13-17(18,2)15(21)9-10-19(18,16(20)22)14-7-5-4-6-8-14/h4-8H,3,9-13H2,1-2H3/t17-,18+,19?/m0/s1. The smallest absolute Gasteiger partial charge is 0.233 e. The number of likely N-dealkylation sites (tertiary alicyclic amines) is 1. The van der Waals surface area contributed by atoms with E-state index in [9.17, 15) is 9.59 Å². The SMILES string of the molecule is CCN1CC[C@@]23C[C@@]2(C)C(=O)CCC3(c2ccccc2)C1=O. The average Bonchev–Trinajstić information content (AvgIpc) is 3.17. The molecular weight excluding hydrogens is 274 g/mol. The van der Waals surface area contributed by atoms with Crippen LogP contribution in [-0.2, 0) is 15.0 Å². The number of ketones is 1. The van der Waals surface area contributed by atoms with E-state index in [0.717, 1.165) is 31.5 Å². The Bertz CT molecular complexity index is 655. The van der Waals surface area contributed by atoms with Crippen LogP contribution in [0, 0.1) is 10.8 Å². The molecule has 1 aromatic rings. The first kappa shape index (κ1) is 14.0. The van der Waals surface area contributed by atoms with Gasteiger partial charge >= 0.3 is 0 Å². The summed E-state index contributed by atoms with van der Waals surface area (Å²) in [7, 11) is 0. The lowest BCUT2D eigenvalue weighted by Gasteiger charge is -2.52. The van der Waals surface area contributed by atoms with Crippen LogP contribution in [0.5, 0.6) is 0 Å². The van der Waals surface area contributed by atoms with Crippen LogP contribution < -0.4 is 0 Å². The molecule has 1 saturated heterocycles. The number of nitrogens with zero attached hydrogens (tertiary/aromatic N) is 1. The van der Waals surface area contributed by atoms with Crippen LogP contribution in [0.4, 0.5) is 0 Å². The number of carbonyl (C=O) groups is 2. The summed E-state index contributed by atoms with van der Waals surface area (Å²) in [6, 6.07) is 10.2. The summed E-state index contributed by atoms with van der Waals surface area (Å²) >= 11 is 0. The van der Waals surface area contributed by atoms with Gasteiger partial charge in [-0.1, -0.05) is 37.3 Å². The van der Waals surface area contributed by atoms with Crippen LogP contribution in [0.1, 0.15) is 45.1 Å². The highest BCUT2D eigenvalue weighted by molar-refractivity contribution is 5.99. The van der Waals surface area contributed by atoms with Gasteiger partial charge < -0.3 is 4.90 Å². The van der Waals surface area contributed by atoms with Crippen LogP contribution in [0.25, 0.3) is 0 Å². The van der Waals surface area contributed by atoms with Crippen molar-refractivity contribution in [1.29, 1.82) is 0 Å². The second-order valence-electron chi connectivity index (χ2n) is 7.42. The van der Waals surface area contributed by atoms with E-state index < -0.39 is 5.41 Å². The lowest BCUT2D eigenvalue weighted by molar-refractivity contribution is -0.151. The Morgan fingerprint density at radius 1 is 1.14 bits per heavy atom. The molecule has 1 spiro atoms. The molecule has 0 radical (unpaired) electrons. The van der Waals surface area contributed by atoms with Crippen LogP contribution in [0.3, 0.4) is 0 Å². The van der Waals surface area contributed by atoms with Gasteiger partial charge in [0.05, 0.1) is 5.41 Å². The highest BCUT2D eigenvalue weighted by Gasteiger charge is 2.81. The second-order valence-corrected chi connectivity index (χ2v) is 7.42. The number of hydrogen-bond donors (Lipinski definition) is 0. The third-order valence-corrected chi connectivity index (χ3v) is 6.86. The molecule has 3 heteroatoms. The minimum absolute atomic E-state index is 0.139. The first-order valence-electron chi connectivity index (χ1n) is 8.40. The van der Waals surface area contributed by atoms with Crippen molar-refractivity contribution in [3.05, 3.63) is 35.9 Å². The molecule has 2 aliphatic carbocycles. The molecule has 0 N–H and O–H groups in total. The van der Waals surface area contributed by atoms with E-state index >= 15 is 0 Å². The highest BCUT2D eigenvalue weighted by Crippen LogP contribution is 2.79. The fourth-order valence-corrected chi connectivity index (χ4v) is 5.52. The van der Waals surface area contributed by atoms with Gasteiger partial charge in [0.2, 0.25) is 5.91 Å². The van der Waals surface area contributed by atoms with Crippen molar-refractivity contribution in [1.82, 2.24) is 4.90 Å². The molecule has 2 saturated carbocycles. The fraction of sp³-hybridized carbons (Fsp3) is 0.579. The molecule has 116 valence electrons. The molecule has 0 aromatic heterocycles. The van der Waals surface area contributed by atoms with Crippen LogP contribution in [0.2, 0.25) is 0 Å². The van der Waals surface area contributed by atoms with Crippen LogP contribution >= 0.6 is 0 Å². The summed E-state index contributed by atoms with van der Waals surface area (Å²) < 4.78 is 0. The van der Waals surface area contributed by atoms with Gasteiger partial charge in [0.1, 0.15) is 5.78 Å². The Morgan fingerprint density at radius 3 is 2.55 bits per heavy atom. The van der Waals surface area contributed by atoms with Crippen molar-refractivity contribution >= 4 is 11.7 Å². The van der Waals surface area contributed by atoms with Crippen molar-refractivity contribution in [2.75, 3.05) is 13.1 Å². The van der Waals surface area contributed by atoms with Gasteiger partial charge in [-0.25, -0.2) is 0 Å². The summed E-state index contributed by atoms with van der Waals surface area (Å²) in [6.07, 6.45) is 3.07. The van der Waals surface area contributed by atoms with E-state index in [-0.39, 0.29) is 16.7 Å². The van der Waals surface area contributed by atoms with Gasteiger partial charge in [-0.15, -0.1) is 0 Å². The van der Waals surface area contributed by atoms with Gasteiger partial charge in [-0.3, -0.25) is 9.59 Å². The van der Waals surface area contributed by atoms with E-state index in [1.807, 2.05) is 23.1 Å². The summed E-state index contributed by atoms with van der Waals surface area (Å²) in [5.74, 6) is 0.625. The predicted molar refractivity (Wildman–Crippen MR) is 84.4 cm³/mol. The Balaban J connectivity index is 1.92. The van der Waals surface area contributed by atoms with Crippen molar-refractivity contribution < 1.29 is 9.59 Å². The van der Waals surface area contributed by atoms with E-state index in [0.29, 0.717) is 18.6 Å². The zero-order valence-corrected chi connectivity index (χ0v) is 13.4. The van der Waals surface area contributed by atoms with Gasteiger partial charge in [0.15, 0.2) is 0 Å². The molecule has 3 fully saturated rings. The molecule has 3 nitrogen and oxygen atoms in total. The fourth-order valence-electron chi connectivity index (χ4n) is 5.52. The number of rotatable bonds is 2. The molecule has 3 aliphatic rings. The first-order valence-corrected chi connectivity index (χ1v) is 8.40. The Labute approximate surface area is 131 Å². The number of hydrogen-bond acceptors (Lipinski definition) is 2. The predicted octanol–water partition coefficient (Wildman–Crippen LogP) is 2.94. The molecule has 1 aromatic carbocycles. The molecule has 22 heavy (non-hydrogen) atoms. The van der Waals surface area contributed by atoms with Crippen LogP contribution in [0.15, 0.2) is 30.3 Å². The Morgan fingerprint density at radius 2 is 1.86 bits per heavy atom. The van der Waals surface area contributed by atoms with Gasteiger partial charge in [-0.05, 0) is 31.7 Å². The summed E-state index contributed by atoms with van der Waals surface area (Å²) in [4.78, 5) is 27.9. The Kier molecular flexibility index (Phi) is 2.68. The maximum absolute atomic E-state index is 13.4. The number of carbonyl (C=O) groups excluding carboxylic acids is 2. The molecular formula is C19H23NO2. The molecule has 4 rings (SSSR count). The molecule has 0 bridgehead atoms. The topological polar surface area (TPSA) is 37.4 Å². The second kappa shape index (κ2) is 4.21. The number of likely N-dealkylation sites (N-methyl/N-ethyl adjacent to an activating group) is 1. The average molecular weight is 297 g/mol. The summed E-state index contributed by atoms with van der Waals surface area (Å²) in [5, 5.41) is 0. The van der Waals surface area contributed by atoms with Gasteiger partial charge in [-0.2, -0.15) is 0 Å². The third kappa shape index (κ3) is 1.34. The monoisotopic (exact) mass is 297 g/mol. The number of amides is 1. The minimum atomic E-state index is -0.481. The summed E-state index contributed by atoms with van der Waals surface area (Å²) in [6.45, 7) is 5.71. The maximum atomic E-state index is 13.4. The largest absolute Gasteiger partial charge is 0.342 e. The van der Waals surface area contributed by atoms with E-state index in [1.165, 1.54) is 0 Å².